The smallest absolute Gasteiger partial charge is 0.339 e. The Hall–Kier alpha value is -1.84. The summed E-state index contributed by atoms with van der Waals surface area (Å²) in [5.41, 5.74) is 0.694. The summed E-state index contributed by atoms with van der Waals surface area (Å²) in [5.74, 6) is -0.00792. The number of benzene rings is 1. The standard InChI is InChI=1S/C56H102O4/c1-5-9-13-17-21-23-25-27-29-31-35-39-45-51(43-37-33-19-15-11-7-3)49-59-55(57)53-47-41-42-48-54(53)56(58)60-50-52(44-38-34-20-16-12-8-4)46-40-36-32-30-28-26-24-22-18-14-10-6-2/h41-42,47-48,51-52H,5-40,43-46,49-50H2,1-4H3. The lowest BCUT2D eigenvalue weighted by Gasteiger charge is -2.19. The number of carbonyl (C=O) groups is 2. The van der Waals surface area contributed by atoms with Gasteiger partial charge < -0.3 is 9.47 Å². The molecule has 0 aliphatic rings. The Bertz CT molecular complexity index is 984. The quantitative estimate of drug-likeness (QED) is 0.0485. The minimum absolute atomic E-state index is 0.347. The van der Waals surface area contributed by atoms with E-state index in [0.29, 0.717) is 36.2 Å². The summed E-state index contributed by atoms with van der Waals surface area (Å²) in [6, 6.07) is 7.16. The molecule has 0 saturated carbocycles. The first-order chi connectivity index (χ1) is 29.6. The molecule has 0 N–H and O–H groups in total. The summed E-state index contributed by atoms with van der Waals surface area (Å²) in [6.07, 6.45) is 52.2. The van der Waals surface area contributed by atoms with E-state index in [2.05, 4.69) is 27.7 Å². The summed E-state index contributed by atoms with van der Waals surface area (Å²) >= 11 is 0. The minimum atomic E-state index is -0.384. The molecule has 0 amide bonds. The van der Waals surface area contributed by atoms with Crippen molar-refractivity contribution in [3.63, 3.8) is 0 Å². The van der Waals surface area contributed by atoms with Gasteiger partial charge in [-0.2, -0.15) is 0 Å². The van der Waals surface area contributed by atoms with Crippen molar-refractivity contribution in [3.05, 3.63) is 35.4 Å². The predicted molar refractivity (Wildman–Crippen MR) is 261 cm³/mol. The van der Waals surface area contributed by atoms with Gasteiger partial charge >= 0.3 is 11.9 Å². The third-order valence-electron chi connectivity index (χ3n) is 13.1. The fraction of sp³-hybridized carbons (Fsp3) is 0.857. The molecule has 60 heavy (non-hydrogen) atoms. The summed E-state index contributed by atoms with van der Waals surface area (Å²) in [7, 11) is 0. The summed E-state index contributed by atoms with van der Waals surface area (Å²) in [5, 5.41) is 0. The molecule has 2 atom stereocenters. The molecule has 2 unspecified atom stereocenters. The Morgan fingerprint density at radius 3 is 0.750 bits per heavy atom. The molecule has 0 bridgehead atoms. The molecule has 0 aliphatic heterocycles. The maximum absolute atomic E-state index is 13.6. The molecule has 0 heterocycles. The zero-order chi connectivity index (χ0) is 43.4. The van der Waals surface area contributed by atoms with Crippen LogP contribution in [0, 0.1) is 11.8 Å². The highest BCUT2D eigenvalue weighted by atomic mass is 16.5. The summed E-state index contributed by atoms with van der Waals surface area (Å²) in [4.78, 5) is 27.2. The highest BCUT2D eigenvalue weighted by Crippen LogP contribution is 2.24. The van der Waals surface area contributed by atoms with Crippen molar-refractivity contribution >= 4 is 11.9 Å². The van der Waals surface area contributed by atoms with Gasteiger partial charge in [0.05, 0.1) is 24.3 Å². The van der Waals surface area contributed by atoms with Gasteiger partial charge in [0, 0.05) is 0 Å². The van der Waals surface area contributed by atoms with E-state index >= 15 is 0 Å². The molecule has 0 spiro atoms. The lowest BCUT2D eigenvalue weighted by Crippen LogP contribution is -2.19. The van der Waals surface area contributed by atoms with Gasteiger partial charge in [-0.15, -0.1) is 0 Å². The van der Waals surface area contributed by atoms with E-state index in [1.807, 2.05) is 12.1 Å². The van der Waals surface area contributed by atoms with Crippen LogP contribution in [-0.4, -0.2) is 25.2 Å². The van der Waals surface area contributed by atoms with Crippen LogP contribution in [0.1, 0.15) is 305 Å². The molecular weight excluding hydrogens is 737 g/mol. The second kappa shape index (κ2) is 43.8. The molecule has 0 fully saturated rings. The molecule has 1 rings (SSSR count). The molecule has 1 aromatic carbocycles. The molecule has 4 nitrogen and oxygen atoms in total. The highest BCUT2D eigenvalue weighted by molar-refractivity contribution is 6.03. The Balaban J connectivity index is 2.64. The van der Waals surface area contributed by atoms with Crippen LogP contribution in [-0.2, 0) is 9.47 Å². The number of unbranched alkanes of at least 4 members (excludes halogenated alkanes) is 32. The van der Waals surface area contributed by atoms with Crippen LogP contribution in [0.15, 0.2) is 24.3 Å². The molecule has 4 heteroatoms. The first-order valence-corrected chi connectivity index (χ1v) is 27.0. The molecule has 0 saturated heterocycles. The Morgan fingerprint density at radius 1 is 0.333 bits per heavy atom. The summed E-state index contributed by atoms with van der Waals surface area (Å²) in [6.45, 7) is 9.99. The number of esters is 2. The van der Waals surface area contributed by atoms with Gasteiger partial charge in [0.2, 0.25) is 0 Å². The van der Waals surface area contributed by atoms with E-state index in [-0.39, 0.29) is 11.9 Å². The Kier molecular flexibility index (Phi) is 41.0. The largest absolute Gasteiger partial charge is 0.462 e. The molecule has 0 aliphatic carbocycles. The van der Waals surface area contributed by atoms with E-state index in [1.54, 1.807) is 12.1 Å². The van der Waals surface area contributed by atoms with Crippen molar-refractivity contribution in [2.75, 3.05) is 13.2 Å². The van der Waals surface area contributed by atoms with Crippen molar-refractivity contribution in [1.29, 1.82) is 0 Å². The predicted octanol–water partition coefficient (Wildman–Crippen LogP) is 18.9. The third-order valence-corrected chi connectivity index (χ3v) is 13.1. The van der Waals surface area contributed by atoms with E-state index in [9.17, 15) is 9.59 Å². The van der Waals surface area contributed by atoms with Gasteiger partial charge in [-0.25, -0.2) is 9.59 Å². The van der Waals surface area contributed by atoms with Gasteiger partial charge in [-0.3, -0.25) is 0 Å². The monoisotopic (exact) mass is 839 g/mol. The van der Waals surface area contributed by atoms with Crippen molar-refractivity contribution < 1.29 is 19.1 Å². The van der Waals surface area contributed by atoms with E-state index < -0.39 is 0 Å². The SMILES string of the molecule is CCCCCCCCCCCCCCC(CCCCCCCC)COC(=O)c1ccccc1C(=O)OCC(CCCCCCCC)CCCCCCCCCCCCCC. The van der Waals surface area contributed by atoms with Crippen molar-refractivity contribution in [2.24, 2.45) is 11.8 Å². The maximum atomic E-state index is 13.6. The second-order valence-electron chi connectivity index (χ2n) is 18.9. The third kappa shape index (κ3) is 33.7. The van der Waals surface area contributed by atoms with E-state index in [4.69, 9.17) is 9.47 Å². The second-order valence-corrected chi connectivity index (χ2v) is 18.9. The first kappa shape index (κ1) is 56.2. The zero-order valence-electron chi connectivity index (χ0n) is 40.8. The minimum Gasteiger partial charge on any atom is -0.462 e. The van der Waals surface area contributed by atoms with Crippen molar-refractivity contribution in [3.8, 4) is 0 Å². The average Bonchev–Trinajstić information content (AvgIpc) is 3.26. The molecule has 0 aromatic heterocycles. The fourth-order valence-corrected chi connectivity index (χ4v) is 8.98. The van der Waals surface area contributed by atoms with Crippen molar-refractivity contribution in [2.45, 2.75) is 285 Å². The van der Waals surface area contributed by atoms with Gasteiger partial charge in [-0.1, -0.05) is 271 Å². The number of carbonyl (C=O) groups excluding carboxylic acids is 2. The number of ether oxygens (including phenoxy) is 2. The average molecular weight is 839 g/mol. The topological polar surface area (TPSA) is 52.6 Å². The van der Waals surface area contributed by atoms with Crippen LogP contribution in [0.4, 0.5) is 0 Å². The van der Waals surface area contributed by atoms with Gasteiger partial charge in [-0.05, 0) is 49.7 Å². The van der Waals surface area contributed by atoms with Crippen LogP contribution in [0.3, 0.4) is 0 Å². The van der Waals surface area contributed by atoms with Gasteiger partial charge in [0.25, 0.3) is 0 Å². The Labute approximate surface area is 374 Å². The molecule has 350 valence electrons. The number of hydrogen-bond donors (Lipinski definition) is 0. The highest BCUT2D eigenvalue weighted by Gasteiger charge is 2.22. The van der Waals surface area contributed by atoms with E-state index in [1.165, 1.54) is 231 Å². The maximum Gasteiger partial charge on any atom is 0.339 e. The van der Waals surface area contributed by atoms with Crippen LogP contribution in [0.2, 0.25) is 0 Å². The first-order valence-electron chi connectivity index (χ1n) is 27.0. The van der Waals surface area contributed by atoms with Gasteiger partial charge in [0.1, 0.15) is 0 Å². The van der Waals surface area contributed by atoms with Gasteiger partial charge in [0.15, 0.2) is 0 Å². The zero-order valence-corrected chi connectivity index (χ0v) is 40.8. The number of hydrogen-bond acceptors (Lipinski definition) is 4. The van der Waals surface area contributed by atoms with Crippen LogP contribution in [0.25, 0.3) is 0 Å². The van der Waals surface area contributed by atoms with Crippen molar-refractivity contribution in [1.82, 2.24) is 0 Å². The molecule has 0 radical (unpaired) electrons. The fourth-order valence-electron chi connectivity index (χ4n) is 8.98. The lowest BCUT2D eigenvalue weighted by molar-refractivity contribution is 0.0376. The summed E-state index contributed by atoms with van der Waals surface area (Å²) < 4.78 is 12.1. The number of rotatable bonds is 46. The van der Waals surface area contributed by atoms with Crippen LogP contribution < -0.4 is 0 Å². The van der Waals surface area contributed by atoms with E-state index in [0.717, 1.165) is 25.7 Å². The normalized spacial score (nSPS) is 12.5. The van der Waals surface area contributed by atoms with Crippen LogP contribution >= 0.6 is 0 Å². The molecular formula is C56H102O4. The Morgan fingerprint density at radius 2 is 0.533 bits per heavy atom. The molecule has 1 aromatic rings. The van der Waals surface area contributed by atoms with Crippen LogP contribution in [0.5, 0.6) is 0 Å². The lowest BCUT2D eigenvalue weighted by atomic mass is 9.94.